The molecule has 1 aromatic carbocycles. The van der Waals surface area contributed by atoms with E-state index in [1.807, 2.05) is 0 Å². The third kappa shape index (κ3) is 4.30. The van der Waals surface area contributed by atoms with Gasteiger partial charge in [-0.1, -0.05) is 0 Å². The maximum atomic E-state index is 12.1. The minimum Gasteiger partial charge on any atom is -0.333 e. The van der Waals surface area contributed by atoms with Crippen molar-refractivity contribution in [2.24, 2.45) is 5.14 Å². The first-order chi connectivity index (χ1) is 11.0. The highest BCUT2D eigenvalue weighted by molar-refractivity contribution is 7.91. The number of benzene rings is 1. The molecule has 2 amide bonds. The molecule has 1 heterocycles. The average molecular weight is 375 g/mol. The van der Waals surface area contributed by atoms with E-state index >= 15 is 0 Å². The molecule has 0 bridgehead atoms. The van der Waals surface area contributed by atoms with E-state index < -0.39 is 37.7 Å². The van der Waals surface area contributed by atoms with Crippen LogP contribution in [0.2, 0.25) is 0 Å². The summed E-state index contributed by atoms with van der Waals surface area (Å²) < 4.78 is 45.2. The Morgan fingerprint density at radius 3 is 2.29 bits per heavy atom. The normalized spacial score (nSPS) is 19.7. The fourth-order valence-corrected chi connectivity index (χ4v) is 4.61. The van der Waals surface area contributed by atoms with Crippen molar-refractivity contribution in [3.8, 4) is 0 Å². The molecular formula is C13H17N3O6S2. The molecule has 0 radical (unpaired) electrons. The van der Waals surface area contributed by atoms with Crippen LogP contribution in [-0.2, 0) is 29.4 Å². The van der Waals surface area contributed by atoms with Crippen LogP contribution in [0.25, 0.3) is 0 Å². The van der Waals surface area contributed by atoms with Gasteiger partial charge in [0.1, 0.15) is 0 Å². The van der Waals surface area contributed by atoms with Gasteiger partial charge in [-0.15, -0.1) is 0 Å². The summed E-state index contributed by atoms with van der Waals surface area (Å²) in [7, 11) is -5.64. The summed E-state index contributed by atoms with van der Waals surface area (Å²) in [4.78, 5) is 25.0. The predicted octanol–water partition coefficient (Wildman–Crippen LogP) is -1.08. The molecule has 2 rings (SSSR count). The molecule has 1 aliphatic rings. The number of carbonyl (C=O) groups excluding carboxylic acids is 2. The summed E-state index contributed by atoms with van der Waals surface area (Å²) in [6.07, 6.45) is 0.293. The van der Waals surface area contributed by atoms with Gasteiger partial charge in [0.15, 0.2) is 9.84 Å². The number of primary sulfonamides is 1. The summed E-state index contributed by atoms with van der Waals surface area (Å²) in [5.41, 5.74) is 0.216. The van der Waals surface area contributed by atoms with Crippen molar-refractivity contribution in [1.29, 1.82) is 0 Å². The Kier molecular flexibility index (Phi) is 4.97. The highest BCUT2D eigenvalue weighted by Gasteiger charge is 2.34. The van der Waals surface area contributed by atoms with Gasteiger partial charge in [0.05, 0.1) is 16.4 Å². The second-order valence-corrected chi connectivity index (χ2v) is 9.29. The second-order valence-electron chi connectivity index (χ2n) is 5.50. The SMILES string of the molecule is CN(C(=O)C(=O)Nc1ccc(S(N)(=O)=O)cc1)C1CCS(=O)(=O)C1. The summed E-state index contributed by atoms with van der Waals surface area (Å²) >= 11 is 0. The van der Waals surface area contributed by atoms with Gasteiger partial charge in [-0.2, -0.15) is 0 Å². The number of rotatable bonds is 3. The van der Waals surface area contributed by atoms with E-state index in [1.165, 1.54) is 31.3 Å². The molecule has 132 valence electrons. The van der Waals surface area contributed by atoms with Gasteiger partial charge in [-0.3, -0.25) is 9.59 Å². The molecular weight excluding hydrogens is 358 g/mol. The first kappa shape index (κ1) is 18.4. The quantitative estimate of drug-likeness (QED) is 0.643. The molecule has 0 saturated carbocycles. The predicted molar refractivity (Wildman–Crippen MR) is 86.3 cm³/mol. The van der Waals surface area contributed by atoms with Gasteiger partial charge < -0.3 is 10.2 Å². The van der Waals surface area contributed by atoms with Crippen LogP contribution in [0.1, 0.15) is 6.42 Å². The monoisotopic (exact) mass is 375 g/mol. The Morgan fingerprint density at radius 2 is 1.83 bits per heavy atom. The molecule has 1 atom stereocenters. The summed E-state index contributed by atoms with van der Waals surface area (Å²) in [5, 5.41) is 7.29. The van der Waals surface area contributed by atoms with Crippen LogP contribution in [-0.4, -0.2) is 58.1 Å². The highest BCUT2D eigenvalue weighted by Crippen LogP contribution is 2.17. The molecule has 11 heteroatoms. The fourth-order valence-electron chi connectivity index (χ4n) is 2.32. The molecule has 1 aliphatic heterocycles. The standard InChI is InChI=1S/C13H17N3O6S2/c1-16(10-6-7-23(19,20)8-10)13(18)12(17)15-9-2-4-11(5-3-9)24(14,21)22/h2-5,10H,6-8H2,1H3,(H,15,17)(H2,14,21,22). The minimum atomic E-state index is -3.84. The summed E-state index contributed by atoms with van der Waals surface area (Å²) in [6.45, 7) is 0. The van der Waals surface area contributed by atoms with Crippen molar-refractivity contribution in [3.63, 3.8) is 0 Å². The van der Waals surface area contributed by atoms with E-state index in [2.05, 4.69) is 5.32 Å². The molecule has 0 aromatic heterocycles. The van der Waals surface area contributed by atoms with E-state index in [0.717, 1.165) is 4.90 Å². The first-order valence-electron chi connectivity index (χ1n) is 6.91. The Labute approximate surface area is 139 Å². The van der Waals surface area contributed by atoms with Crippen LogP contribution in [0.5, 0.6) is 0 Å². The third-order valence-electron chi connectivity index (χ3n) is 3.71. The first-order valence-corrected chi connectivity index (χ1v) is 10.3. The number of likely N-dealkylation sites (N-methyl/N-ethyl adjacent to an activating group) is 1. The van der Waals surface area contributed by atoms with E-state index in [9.17, 15) is 26.4 Å². The molecule has 1 unspecified atom stereocenters. The van der Waals surface area contributed by atoms with Crippen LogP contribution in [0.15, 0.2) is 29.2 Å². The maximum Gasteiger partial charge on any atom is 0.313 e. The number of nitrogens with zero attached hydrogens (tertiary/aromatic N) is 1. The number of nitrogens with one attached hydrogen (secondary N) is 1. The Hall–Kier alpha value is -1.98. The molecule has 3 N–H and O–H groups in total. The van der Waals surface area contributed by atoms with Crippen molar-refractivity contribution in [2.75, 3.05) is 23.9 Å². The van der Waals surface area contributed by atoms with E-state index in [1.54, 1.807) is 0 Å². The van der Waals surface area contributed by atoms with Crippen molar-refractivity contribution in [2.45, 2.75) is 17.4 Å². The zero-order valence-electron chi connectivity index (χ0n) is 12.8. The molecule has 0 aliphatic carbocycles. The van der Waals surface area contributed by atoms with E-state index in [-0.39, 0.29) is 22.1 Å². The Balaban J connectivity index is 2.02. The number of nitrogens with two attached hydrogens (primary N) is 1. The van der Waals surface area contributed by atoms with Gasteiger partial charge in [-0.05, 0) is 30.7 Å². The summed E-state index contributed by atoms with van der Waals surface area (Å²) in [5.74, 6) is -1.98. The number of hydrogen-bond acceptors (Lipinski definition) is 6. The lowest BCUT2D eigenvalue weighted by atomic mass is 10.2. The van der Waals surface area contributed by atoms with Crippen LogP contribution in [0, 0.1) is 0 Å². The van der Waals surface area contributed by atoms with Crippen LogP contribution in [0.3, 0.4) is 0 Å². The van der Waals surface area contributed by atoms with E-state index in [0.29, 0.717) is 6.42 Å². The molecule has 24 heavy (non-hydrogen) atoms. The lowest BCUT2D eigenvalue weighted by Gasteiger charge is -2.22. The average Bonchev–Trinajstić information content (AvgIpc) is 2.85. The number of sulfonamides is 1. The maximum absolute atomic E-state index is 12.1. The highest BCUT2D eigenvalue weighted by atomic mass is 32.2. The van der Waals surface area contributed by atoms with E-state index in [4.69, 9.17) is 5.14 Å². The number of hydrogen-bond donors (Lipinski definition) is 2. The van der Waals surface area contributed by atoms with Gasteiger partial charge >= 0.3 is 11.8 Å². The van der Waals surface area contributed by atoms with Gasteiger partial charge in [0.25, 0.3) is 0 Å². The topological polar surface area (TPSA) is 144 Å². The Morgan fingerprint density at radius 1 is 1.25 bits per heavy atom. The number of amides is 2. The number of anilines is 1. The van der Waals surface area contributed by atoms with Crippen molar-refractivity contribution >= 4 is 37.4 Å². The van der Waals surface area contributed by atoms with Gasteiger partial charge in [0.2, 0.25) is 10.0 Å². The van der Waals surface area contributed by atoms with Gasteiger partial charge in [-0.25, -0.2) is 22.0 Å². The summed E-state index contributed by atoms with van der Waals surface area (Å²) in [6, 6.07) is 4.46. The number of sulfone groups is 1. The smallest absolute Gasteiger partial charge is 0.313 e. The lowest BCUT2D eigenvalue weighted by Crippen LogP contribution is -2.43. The molecule has 9 nitrogen and oxygen atoms in total. The molecule has 1 fully saturated rings. The van der Waals surface area contributed by atoms with Gasteiger partial charge in [0, 0.05) is 18.8 Å². The molecule has 1 saturated heterocycles. The zero-order valence-corrected chi connectivity index (χ0v) is 14.4. The fraction of sp³-hybridized carbons (Fsp3) is 0.385. The molecule has 0 spiro atoms. The Bertz CT molecular complexity index is 861. The number of carbonyl (C=O) groups is 2. The molecule has 1 aromatic rings. The third-order valence-corrected chi connectivity index (χ3v) is 6.39. The lowest BCUT2D eigenvalue weighted by molar-refractivity contribution is -0.143. The van der Waals surface area contributed by atoms with Crippen molar-refractivity contribution < 1.29 is 26.4 Å². The minimum absolute atomic E-state index is 0.00801. The van der Waals surface area contributed by atoms with Crippen molar-refractivity contribution in [1.82, 2.24) is 4.90 Å². The largest absolute Gasteiger partial charge is 0.333 e. The van der Waals surface area contributed by atoms with Crippen LogP contribution >= 0.6 is 0 Å². The zero-order chi connectivity index (χ0) is 18.1. The van der Waals surface area contributed by atoms with Crippen LogP contribution < -0.4 is 10.5 Å². The second kappa shape index (κ2) is 6.49. The van der Waals surface area contributed by atoms with Crippen molar-refractivity contribution in [3.05, 3.63) is 24.3 Å². The van der Waals surface area contributed by atoms with Crippen LogP contribution in [0.4, 0.5) is 5.69 Å².